The number of likely N-dealkylation sites (tertiary alicyclic amines) is 1. The zero-order valence-electron chi connectivity index (χ0n) is 15.2. The molecular formula is C18H28N2O4. The average molecular weight is 336 g/mol. The molecular weight excluding hydrogens is 308 g/mol. The van der Waals surface area contributed by atoms with Crippen LogP contribution in [0.2, 0.25) is 0 Å². The molecule has 2 N–H and O–H groups in total. The van der Waals surface area contributed by atoms with Gasteiger partial charge in [-0.05, 0) is 39.2 Å². The maximum Gasteiger partial charge on any atom is 0.243 e. The smallest absolute Gasteiger partial charge is 0.243 e. The van der Waals surface area contributed by atoms with Gasteiger partial charge in [-0.2, -0.15) is 0 Å². The number of hydrogen-bond acceptors (Lipinski definition) is 4. The van der Waals surface area contributed by atoms with E-state index < -0.39 is 11.6 Å². The van der Waals surface area contributed by atoms with Crippen molar-refractivity contribution in [2.75, 3.05) is 13.1 Å². The van der Waals surface area contributed by atoms with E-state index in [0.29, 0.717) is 24.3 Å². The molecule has 1 aromatic heterocycles. The van der Waals surface area contributed by atoms with Gasteiger partial charge in [-0.3, -0.25) is 9.59 Å². The van der Waals surface area contributed by atoms with Crippen molar-refractivity contribution in [3.63, 3.8) is 0 Å². The standard InChI is InChI=1S/C18H28N2O4/c1-11(2)16(20-8-6-7-15(20)21)17(22)19-10-18(5,23)14-9-12(3)24-13(14)4/h9,11,16,23H,6-8,10H2,1-5H3,(H,19,22). The third kappa shape index (κ3) is 3.80. The van der Waals surface area contributed by atoms with Gasteiger partial charge in [0.25, 0.3) is 0 Å². The first kappa shape index (κ1) is 18.5. The van der Waals surface area contributed by atoms with E-state index in [1.807, 2.05) is 20.8 Å². The summed E-state index contributed by atoms with van der Waals surface area (Å²) in [6, 6.07) is 1.29. The zero-order chi connectivity index (χ0) is 18.1. The first-order chi connectivity index (χ1) is 11.1. The molecule has 2 amide bonds. The van der Waals surface area contributed by atoms with Crippen LogP contribution in [0.3, 0.4) is 0 Å². The van der Waals surface area contributed by atoms with Crippen LogP contribution in [-0.2, 0) is 15.2 Å². The molecule has 0 spiro atoms. The van der Waals surface area contributed by atoms with E-state index in [4.69, 9.17) is 4.42 Å². The lowest BCUT2D eigenvalue weighted by Gasteiger charge is -2.31. The lowest BCUT2D eigenvalue weighted by Crippen LogP contribution is -2.52. The van der Waals surface area contributed by atoms with Gasteiger partial charge in [0.15, 0.2) is 0 Å². The van der Waals surface area contributed by atoms with Crippen LogP contribution in [0.25, 0.3) is 0 Å². The topological polar surface area (TPSA) is 82.8 Å². The Hall–Kier alpha value is -1.82. The molecule has 1 aliphatic heterocycles. The molecule has 0 saturated carbocycles. The Morgan fingerprint density at radius 3 is 2.58 bits per heavy atom. The van der Waals surface area contributed by atoms with Crippen LogP contribution in [-0.4, -0.2) is 41.0 Å². The number of carbonyl (C=O) groups excluding carboxylic acids is 2. The molecule has 1 aliphatic rings. The lowest BCUT2D eigenvalue weighted by atomic mass is 9.95. The summed E-state index contributed by atoms with van der Waals surface area (Å²) in [5.41, 5.74) is -0.563. The van der Waals surface area contributed by atoms with Crippen molar-refractivity contribution in [1.29, 1.82) is 0 Å². The van der Waals surface area contributed by atoms with Crippen molar-refractivity contribution in [1.82, 2.24) is 10.2 Å². The molecule has 1 saturated heterocycles. The maximum absolute atomic E-state index is 12.6. The molecule has 0 radical (unpaired) electrons. The molecule has 0 aliphatic carbocycles. The van der Waals surface area contributed by atoms with Gasteiger partial charge in [-0.1, -0.05) is 13.8 Å². The fourth-order valence-corrected chi connectivity index (χ4v) is 3.39. The normalized spacial score (nSPS) is 18.8. The van der Waals surface area contributed by atoms with E-state index in [1.54, 1.807) is 24.8 Å². The van der Waals surface area contributed by atoms with E-state index in [-0.39, 0.29) is 24.3 Å². The molecule has 2 heterocycles. The summed E-state index contributed by atoms with van der Waals surface area (Å²) in [4.78, 5) is 26.3. The van der Waals surface area contributed by atoms with Crippen molar-refractivity contribution < 1.29 is 19.1 Å². The SMILES string of the molecule is Cc1cc(C(C)(O)CNC(=O)C(C(C)C)N2CCCC2=O)c(C)o1. The highest BCUT2D eigenvalue weighted by Gasteiger charge is 2.36. The van der Waals surface area contributed by atoms with Gasteiger partial charge in [0, 0.05) is 18.5 Å². The summed E-state index contributed by atoms with van der Waals surface area (Å²) in [6.07, 6.45) is 1.29. The number of hydrogen-bond donors (Lipinski definition) is 2. The number of aryl methyl sites for hydroxylation is 2. The molecule has 134 valence electrons. The largest absolute Gasteiger partial charge is 0.466 e. The predicted molar refractivity (Wildman–Crippen MR) is 90.3 cm³/mol. The zero-order valence-corrected chi connectivity index (χ0v) is 15.2. The molecule has 24 heavy (non-hydrogen) atoms. The summed E-state index contributed by atoms with van der Waals surface area (Å²) in [5.74, 6) is 1.17. The van der Waals surface area contributed by atoms with E-state index in [2.05, 4.69) is 5.32 Å². The molecule has 0 bridgehead atoms. The Bertz CT molecular complexity index is 619. The van der Waals surface area contributed by atoms with Crippen molar-refractivity contribution >= 4 is 11.8 Å². The first-order valence-corrected chi connectivity index (χ1v) is 8.50. The number of furan rings is 1. The van der Waals surface area contributed by atoms with Gasteiger partial charge in [0.05, 0.1) is 6.54 Å². The van der Waals surface area contributed by atoms with E-state index in [9.17, 15) is 14.7 Å². The Morgan fingerprint density at radius 2 is 2.12 bits per heavy atom. The number of aliphatic hydroxyl groups is 1. The minimum absolute atomic E-state index is 0.00917. The summed E-state index contributed by atoms with van der Waals surface area (Å²) < 4.78 is 5.46. The minimum atomic E-state index is -1.23. The quantitative estimate of drug-likeness (QED) is 0.831. The number of nitrogens with zero attached hydrogens (tertiary/aromatic N) is 1. The maximum atomic E-state index is 12.6. The second-order valence-electron chi connectivity index (χ2n) is 7.20. The van der Waals surface area contributed by atoms with Gasteiger partial charge in [-0.25, -0.2) is 0 Å². The molecule has 2 rings (SSSR count). The minimum Gasteiger partial charge on any atom is -0.466 e. The first-order valence-electron chi connectivity index (χ1n) is 8.50. The molecule has 2 unspecified atom stereocenters. The highest BCUT2D eigenvalue weighted by molar-refractivity contribution is 5.88. The summed E-state index contributed by atoms with van der Waals surface area (Å²) >= 11 is 0. The Kier molecular flexibility index (Phi) is 5.38. The van der Waals surface area contributed by atoms with E-state index in [0.717, 1.165) is 12.2 Å². The van der Waals surface area contributed by atoms with Crippen molar-refractivity contribution in [2.24, 2.45) is 5.92 Å². The Balaban J connectivity index is 2.07. The molecule has 1 fully saturated rings. The summed E-state index contributed by atoms with van der Waals surface area (Å²) in [6.45, 7) is 9.80. The highest BCUT2D eigenvalue weighted by Crippen LogP contribution is 2.27. The highest BCUT2D eigenvalue weighted by atomic mass is 16.3. The van der Waals surface area contributed by atoms with Crippen molar-refractivity contribution in [3.05, 3.63) is 23.2 Å². The fourth-order valence-electron chi connectivity index (χ4n) is 3.39. The van der Waals surface area contributed by atoms with Gasteiger partial charge in [-0.15, -0.1) is 0 Å². The van der Waals surface area contributed by atoms with Crippen LogP contribution < -0.4 is 5.32 Å². The Labute approximate surface area is 143 Å². The summed E-state index contributed by atoms with van der Waals surface area (Å²) in [7, 11) is 0. The fraction of sp³-hybridized carbons (Fsp3) is 0.667. The van der Waals surface area contributed by atoms with Crippen LogP contribution in [0.4, 0.5) is 0 Å². The number of carbonyl (C=O) groups is 2. The van der Waals surface area contributed by atoms with Crippen LogP contribution in [0, 0.1) is 19.8 Å². The van der Waals surface area contributed by atoms with Crippen LogP contribution in [0.15, 0.2) is 10.5 Å². The number of amides is 2. The van der Waals surface area contributed by atoms with E-state index in [1.165, 1.54) is 0 Å². The second-order valence-corrected chi connectivity index (χ2v) is 7.20. The summed E-state index contributed by atoms with van der Waals surface area (Å²) in [5, 5.41) is 13.5. The Morgan fingerprint density at radius 1 is 1.46 bits per heavy atom. The molecule has 1 aromatic rings. The lowest BCUT2D eigenvalue weighted by molar-refractivity contribution is -0.139. The second kappa shape index (κ2) is 6.97. The molecule has 2 atom stereocenters. The molecule has 0 aromatic carbocycles. The number of nitrogens with one attached hydrogen (secondary N) is 1. The predicted octanol–water partition coefficient (Wildman–Crippen LogP) is 1.87. The van der Waals surface area contributed by atoms with Crippen LogP contribution >= 0.6 is 0 Å². The van der Waals surface area contributed by atoms with Gasteiger partial charge in [0.2, 0.25) is 11.8 Å². The van der Waals surface area contributed by atoms with Crippen molar-refractivity contribution in [2.45, 2.75) is 59.1 Å². The van der Waals surface area contributed by atoms with Gasteiger partial charge in [0.1, 0.15) is 23.2 Å². The number of rotatable bonds is 6. The van der Waals surface area contributed by atoms with Crippen LogP contribution in [0.5, 0.6) is 0 Å². The van der Waals surface area contributed by atoms with E-state index >= 15 is 0 Å². The monoisotopic (exact) mass is 336 g/mol. The molecule has 6 heteroatoms. The third-order valence-corrected chi connectivity index (χ3v) is 4.57. The average Bonchev–Trinajstić information content (AvgIpc) is 3.03. The van der Waals surface area contributed by atoms with Crippen molar-refractivity contribution in [3.8, 4) is 0 Å². The third-order valence-electron chi connectivity index (χ3n) is 4.57. The van der Waals surface area contributed by atoms with Gasteiger partial charge >= 0.3 is 0 Å². The van der Waals surface area contributed by atoms with Crippen LogP contribution in [0.1, 0.15) is 50.7 Å². The molecule has 6 nitrogen and oxygen atoms in total. The van der Waals surface area contributed by atoms with Gasteiger partial charge < -0.3 is 19.7 Å².